The highest BCUT2D eigenvalue weighted by Gasteiger charge is 2.11. The van der Waals surface area contributed by atoms with Gasteiger partial charge in [0.2, 0.25) is 0 Å². The van der Waals surface area contributed by atoms with Crippen molar-refractivity contribution in [3.8, 4) is 11.5 Å². The van der Waals surface area contributed by atoms with Crippen LogP contribution in [0.3, 0.4) is 0 Å². The fourth-order valence-electron chi connectivity index (χ4n) is 1.44. The van der Waals surface area contributed by atoms with Crippen LogP contribution in [-0.2, 0) is 4.74 Å². The number of rotatable bonds is 3. The molecule has 1 N–H and O–H groups in total. The molecule has 1 atom stereocenters. The summed E-state index contributed by atoms with van der Waals surface area (Å²) in [6, 6.07) is 6.70. The smallest absolute Gasteiger partial charge is 0.132 e. The van der Waals surface area contributed by atoms with E-state index in [9.17, 15) is 0 Å². The van der Waals surface area contributed by atoms with Crippen LogP contribution in [0.15, 0.2) is 36.6 Å². The first-order chi connectivity index (χ1) is 7.34. The summed E-state index contributed by atoms with van der Waals surface area (Å²) in [5, 5.41) is 9.08. The summed E-state index contributed by atoms with van der Waals surface area (Å²) in [6.45, 7) is 0.551. The molecule has 1 aromatic rings. The highest BCUT2D eigenvalue weighted by atomic mass is 16.5. The van der Waals surface area contributed by atoms with Crippen LogP contribution in [0.2, 0.25) is 0 Å². The molecule has 0 aromatic heterocycles. The fourth-order valence-corrected chi connectivity index (χ4v) is 1.44. The molecular formula is C12H14O3. The second-order valence-corrected chi connectivity index (χ2v) is 3.51. The fraction of sp³-hybridized carbons (Fsp3) is 0.333. The van der Waals surface area contributed by atoms with Gasteiger partial charge in [0.25, 0.3) is 0 Å². The zero-order valence-corrected chi connectivity index (χ0v) is 8.43. The van der Waals surface area contributed by atoms with E-state index in [4.69, 9.17) is 14.6 Å². The summed E-state index contributed by atoms with van der Waals surface area (Å²) in [6.07, 6.45) is 5.92. The van der Waals surface area contributed by atoms with Gasteiger partial charge in [-0.2, -0.15) is 0 Å². The third-order valence-corrected chi connectivity index (χ3v) is 2.30. The first-order valence-electron chi connectivity index (χ1n) is 5.07. The summed E-state index contributed by atoms with van der Waals surface area (Å²) < 4.78 is 10.9. The first-order valence-corrected chi connectivity index (χ1v) is 5.07. The molecule has 2 rings (SSSR count). The van der Waals surface area contributed by atoms with Crippen molar-refractivity contribution in [2.75, 3.05) is 6.61 Å². The van der Waals surface area contributed by atoms with Crippen molar-refractivity contribution in [3.05, 3.63) is 36.6 Å². The highest BCUT2D eigenvalue weighted by Crippen LogP contribution is 2.17. The predicted molar refractivity (Wildman–Crippen MR) is 56.8 cm³/mol. The van der Waals surface area contributed by atoms with Gasteiger partial charge in [0.1, 0.15) is 24.2 Å². The summed E-state index contributed by atoms with van der Waals surface area (Å²) in [5.74, 6) is 1.00. The molecule has 1 aromatic carbocycles. The predicted octanol–water partition coefficient (Wildman–Crippen LogP) is 2.46. The topological polar surface area (TPSA) is 38.7 Å². The number of phenols is 1. The van der Waals surface area contributed by atoms with Crippen LogP contribution >= 0.6 is 0 Å². The summed E-state index contributed by atoms with van der Waals surface area (Å²) in [5.41, 5.74) is 0. The molecule has 0 bridgehead atoms. The molecule has 3 heteroatoms. The van der Waals surface area contributed by atoms with E-state index in [-0.39, 0.29) is 11.9 Å². The average Bonchev–Trinajstić information content (AvgIpc) is 2.30. The molecule has 3 nitrogen and oxygen atoms in total. The molecule has 80 valence electrons. The Morgan fingerprint density at radius 2 is 2.13 bits per heavy atom. The van der Waals surface area contributed by atoms with Crippen molar-refractivity contribution in [1.29, 1.82) is 0 Å². The lowest BCUT2D eigenvalue weighted by atomic mass is 10.2. The molecule has 15 heavy (non-hydrogen) atoms. The van der Waals surface area contributed by atoms with Gasteiger partial charge >= 0.3 is 0 Å². The lowest BCUT2D eigenvalue weighted by Gasteiger charge is -2.19. The molecule has 0 fully saturated rings. The zero-order chi connectivity index (χ0) is 10.5. The largest absolute Gasteiger partial charge is 0.508 e. The number of ether oxygens (including phenoxy) is 2. The van der Waals surface area contributed by atoms with E-state index >= 15 is 0 Å². The average molecular weight is 206 g/mol. The SMILES string of the molecule is Oc1ccc(OCC2CCC=CO2)cc1. The second kappa shape index (κ2) is 4.73. The standard InChI is InChI=1S/C12H14O3/c13-10-4-6-11(7-5-10)15-9-12-3-1-2-8-14-12/h2,4-8,12-13H,1,3,9H2. The Morgan fingerprint density at radius 1 is 1.33 bits per heavy atom. The number of allylic oxidation sites excluding steroid dienone is 1. The van der Waals surface area contributed by atoms with Crippen molar-refractivity contribution in [3.63, 3.8) is 0 Å². The molecule has 1 aliphatic rings. The number of benzene rings is 1. The zero-order valence-electron chi connectivity index (χ0n) is 8.43. The van der Waals surface area contributed by atoms with Crippen molar-refractivity contribution in [2.45, 2.75) is 18.9 Å². The van der Waals surface area contributed by atoms with Crippen LogP contribution in [0.1, 0.15) is 12.8 Å². The Kier molecular flexibility index (Phi) is 3.12. The molecule has 0 radical (unpaired) electrons. The van der Waals surface area contributed by atoms with Crippen molar-refractivity contribution in [1.82, 2.24) is 0 Å². The van der Waals surface area contributed by atoms with Crippen LogP contribution in [0.25, 0.3) is 0 Å². The van der Waals surface area contributed by atoms with E-state index in [0.29, 0.717) is 6.61 Å². The molecule has 1 aliphatic heterocycles. The van der Waals surface area contributed by atoms with Gasteiger partial charge in [-0.25, -0.2) is 0 Å². The summed E-state index contributed by atoms with van der Waals surface area (Å²) >= 11 is 0. The van der Waals surface area contributed by atoms with E-state index in [1.807, 2.05) is 6.08 Å². The molecule has 0 aliphatic carbocycles. The van der Waals surface area contributed by atoms with E-state index in [0.717, 1.165) is 18.6 Å². The molecule has 0 saturated carbocycles. The van der Waals surface area contributed by atoms with Gasteiger partial charge in [0.15, 0.2) is 0 Å². The van der Waals surface area contributed by atoms with Gasteiger partial charge in [-0.05, 0) is 43.2 Å². The van der Waals surface area contributed by atoms with E-state index in [1.54, 1.807) is 30.5 Å². The van der Waals surface area contributed by atoms with Crippen LogP contribution in [0.5, 0.6) is 11.5 Å². The van der Waals surface area contributed by atoms with Crippen LogP contribution in [0, 0.1) is 0 Å². The molecule has 0 saturated heterocycles. The molecule has 1 heterocycles. The van der Waals surface area contributed by atoms with Gasteiger partial charge in [-0.15, -0.1) is 0 Å². The number of hydrogen-bond donors (Lipinski definition) is 1. The quantitative estimate of drug-likeness (QED) is 0.825. The van der Waals surface area contributed by atoms with E-state index < -0.39 is 0 Å². The van der Waals surface area contributed by atoms with Gasteiger partial charge in [0, 0.05) is 0 Å². The minimum Gasteiger partial charge on any atom is -0.508 e. The maximum absolute atomic E-state index is 9.08. The molecule has 0 spiro atoms. The lowest BCUT2D eigenvalue weighted by Crippen LogP contribution is -2.21. The van der Waals surface area contributed by atoms with Crippen molar-refractivity contribution in [2.24, 2.45) is 0 Å². The Morgan fingerprint density at radius 3 is 2.80 bits per heavy atom. The normalized spacial score (nSPS) is 19.6. The minimum atomic E-state index is 0.142. The molecule has 1 unspecified atom stereocenters. The van der Waals surface area contributed by atoms with Crippen molar-refractivity contribution < 1.29 is 14.6 Å². The third kappa shape index (κ3) is 2.91. The summed E-state index contributed by atoms with van der Waals surface area (Å²) in [4.78, 5) is 0. The Labute approximate surface area is 88.9 Å². The maximum Gasteiger partial charge on any atom is 0.132 e. The van der Waals surface area contributed by atoms with Gasteiger partial charge in [0.05, 0.1) is 6.26 Å². The number of aromatic hydroxyl groups is 1. The Balaban J connectivity index is 1.82. The molecular weight excluding hydrogens is 192 g/mol. The monoisotopic (exact) mass is 206 g/mol. The lowest BCUT2D eigenvalue weighted by molar-refractivity contribution is 0.0732. The first kappa shape index (κ1) is 9.90. The Bertz CT molecular complexity index is 329. The van der Waals surface area contributed by atoms with Gasteiger partial charge in [-0.1, -0.05) is 0 Å². The minimum absolute atomic E-state index is 0.142. The van der Waals surface area contributed by atoms with Gasteiger partial charge in [-0.3, -0.25) is 0 Å². The highest BCUT2D eigenvalue weighted by molar-refractivity contribution is 5.30. The third-order valence-electron chi connectivity index (χ3n) is 2.30. The van der Waals surface area contributed by atoms with Crippen molar-refractivity contribution >= 4 is 0 Å². The van der Waals surface area contributed by atoms with Gasteiger partial charge < -0.3 is 14.6 Å². The van der Waals surface area contributed by atoms with Crippen LogP contribution < -0.4 is 4.74 Å². The van der Waals surface area contributed by atoms with E-state index in [1.165, 1.54) is 0 Å². The number of hydrogen-bond acceptors (Lipinski definition) is 3. The van der Waals surface area contributed by atoms with Crippen LogP contribution in [-0.4, -0.2) is 17.8 Å². The maximum atomic E-state index is 9.08. The van der Waals surface area contributed by atoms with Crippen LogP contribution in [0.4, 0.5) is 0 Å². The second-order valence-electron chi connectivity index (χ2n) is 3.51. The Hall–Kier alpha value is -1.64. The summed E-state index contributed by atoms with van der Waals surface area (Å²) in [7, 11) is 0. The number of phenolic OH excluding ortho intramolecular Hbond substituents is 1. The van der Waals surface area contributed by atoms with E-state index in [2.05, 4.69) is 0 Å². The molecule has 0 amide bonds.